The van der Waals surface area contributed by atoms with Gasteiger partial charge in [0.05, 0.1) is 10.2 Å². The van der Waals surface area contributed by atoms with Gasteiger partial charge in [0, 0.05) is 30.0 Å². The van der Waals surface area contributed by atoms with Gasteiger partial charge in [-0.1, -0.05) is 12.1 Å². The van der Waals surface area contributed by atoms with E-state index in [1.165, 1.54) is 0 Å². The van der Waals surface area contributed by atoms with Crippen LogP contribution in [-0.2, 0) is 6.54 Å². The molecule has 0 spiro atoms. The van der Waals surface area contributed by atoms with Crippen molar-refractivity contribution in [2.75, 3.05) is 11.9 Å². The molecule has 2 aromatic rings. The Kier molecular flexibility index (Phi) is 6.51. The molecule has 0 bridgehead atoms. The van der Waals surface area contributed by atoms with Crippen LogP contribution in [0.2, 0.25) is 0 Å². The molecule has 2 N–H and O–H groups in total. The fourth-order valence-electron chi connectivity index (χ4n) is 2.31. The number of nitrogens with one attached hydrogen (secondary N) is 2. The van der Waals surface area contributed by atoms with Gasteiger partial charge in [0.15, 0.2) is 10.9 Å². The molecule has 5 nitrogen and oxygen atoms in total. The van der Waals surface area contributed by atoms with E-state index in [-0.39, 0.29) is 5.78 Å². The third-order valence-corrected chi connectivity index (χ3v) is 5.05. The average Bonchev–Trinajstić information content (AvgIpc) is 2.79. The maximum Gasteiger partial charge on any atom is 0.170 e. The van der Waals surface area contributed by atoms with Crippen molar-refractivity contribution in [3.63, 3.8) is 0 Å². The summed E-state index contributed by atoms with van der Waals surface area (Å²) < 4.78 is 3.06. The molecule has 2 rings (SSSR count). The maximum atomic E-state index is 11.4. The second kappa shape index (κ2) is 8.39. The number of benzene rings is 1. The molecule has 0 saturated heterocycles. The van der Waals surface area contributed by atoms with Crippen LogP contribution in [0.25, 0.3) is 0 Å². The number of aromatic nitrogens is 2. The summed E-state index contributed by atoms with van der Waals surface area (Å²) in [5, 5.41) is 11.3. The van der Waals surface area contributed by atoms with E-state index in [1.807, 2.05) is 30.7 Å². The van der Waals surface area contributed by atoms with Gasteiger partial charge in [0.25, 0.3) is 0 Å². The van der Waals surface area contributed by atoms with Crippen LogP contribution in [-0.4, -0.2) is 27.2 Å². The van der Waals surface area contributed by atoms with Crippen LogP contribution in [0.15, 0.2) is 28.7 Å². The van der Waals surface area contributed by atoms with E-state index in [0.717, 1.165) is 41.1 Å². The lowest BCUT2D eigenvalue weighted by molar-refractivity contribution is 0.101. The number of thiocarbonyl (C=S) groups is 1. The summed E-state index contributed by atoms with van der Waals surface area (Å²) in [6.07, 6.45) is 0.906. The van der Waals surface area contributed by atoms with E-state index in [9.17, 15) is 4.79 Å². The molecule has 1 aromatic carbocycles. The summed E-state index contributed by atoms with van der Waals surface area (Å²) >= 11 is 8.82. The Balaban J connectivity index is 1.78. The molecule has 0 aliphatic rings. The zero-order chi connectivity index (χ0) is 17.7. The highest BCUT2D eigenvalue weighted by Gasteiger charge is 2.08. The first kappa shape index (κ1) is 18.6. The smallest absolute Gasteiger partial charge is 0.170 e. The van der Waals surface area contributed by atoms with Crippen molar-refractivity contribution in [3.05, 3.63) is 45.7 Å². The molecular formula is C17H21BrN4OS. The van der Waals surface area contributed by atoms with Crippen LogP contribution in [0, 0.1) is 13.8 Å². The normalized spacial score (nSPS) is 10.5. The number of carbonyl (C=O) groups excluding carboxylic acids is 1. The summed E-state index contributed by atoms with van der Waals surface area (Å²) in [7, 11) is 0. The fraction of sp³-hybridized carbons (Fsp3) is 0.353. The zero-order valence-electron chi connectivity index (χ0n) is 14.0. The number of aryl methyl sites for hydroxylation is 2. The monoisotopic (exact) mass is 408 g/mol. The average molecular weight is 409 g/mol. The van der Waals surface area contributed by atoms with Crippen LogP contribution in [0.5, 0.6) is 0 Å². The number of halogens is 1. The Bertz CT molecular complexity index is 757. The highest BCUT2D eigenvalue weighted by molar-refractivity contribution is 9.10. The Morgan fingerprint density at radius 1 is 1.38 bits per heavy atom. The summed E-state index contributed by atoms with van der Waals surface area (Å²) in [6.45, 7) is 7.15. The van der Waals surface area contributed by atoms with Gasteiger partial charge >= 0.3 is 0 Å². The molecule has 0 unspecified atom stereocenters. The quantitative estimate of drug-likeness (QED) is 0.431. The number of ketones is 1. The number of hydrogen-bond acceptors (Lipinski definition) is 3. The van der Waals surface area contributed by atoms with Gasteiger partial charge in [-0.25, -0.2) is 0 Å². The topological polar surface area (TPSA) is 59.0 Å². The summed E-state index contributed by atoms with van der Waals surface area (Å²) in [5.41, 5.74) is 3.61. The van der Waals surface area contributed by atoms with Gasteiger partial charge in [0.1, 0.15) is 0 Å². The second-order valence-corrected chi connectivity index (χ2v) is 6.78. The third kappa shape index (κ3) is 4.88. The van der Waals surface area contributed by atoms with Crippen molar-refractivity contribution < 1.29 is 4.79 Å². The Labute approximate surface area is 156 Å². The molecular weight excluding hydrogens is 388 g/mol. The van der Waals surface area contributed by atoms with Crippen molar-refractivity contribution in [2.45, 2.75) is 33.7 Å². The standard InChI is InChI=1S/C17H21BrN4OS/c1-11-16(18)12(2)22(21-11)9-5-8-19-17(24)20-15-7-4-6-14(10-15)13(3)23/h4,6-7,10H,5,8-9H2,1-3H3,(H2,19,20,24). The van der Waals surface area contributed by atoms with Crippen LogP contribution < -0.4 is 10.6 Å². The molecule has 0 fully saturated rings. The van der Waals surface area contributed by atoms with E-state index in [2.05, 4.69) is 31.7 Å². The number of rotatable bonds is 6. The molecule has 1 heterocycles. The fourth-order valence-corrected chi connectivity index (χ4v) is 2.82. The van der Waals surface area contributed by atoms with E-state index in [1.54, 1.807) is 19.1 Å². The largest absolute Gasteiger partial charge is 0.362 e. The molecule has 0 aliphatic heterocycles. The molecule has 0 atom stereocenters. The zero-order valence-corrected chi connectivity index (χ0v) is 16.4. The first-order chi connectivity index (χ1) is 11.4. The SMILES string of the molecule is CC(=O)c1cccc(NC(=S)NCCCn2nc(C)c(Br)c2C)c1. The minimum Gasteiger partial charge on any atom is -0.362 e. The molecule has 24 heavy (non-hydrogen) atoms. The van der Waals surface area contributed by atoms with E-state index >= 15 is 0 Å². The Morgan fingerprint density at radius 2 is 2.12 bits per heavy atom. The minimum absolute atomic E-state index is 0.0357. The third-order valence-electron chi connectivity index (χ3n) is 3.65. The number of carbonyl (C=O) groups is 1. The van der Waals surface area contributed by atoms with Crippen molar-refractivity contribution in [3.8, 4) is 0 Å². The van der Waals surface area contributed by atoms with Gasteiger partial charge in [0.2, 0.25) is 0 Å². The number of Topliss-reactive ketones (excluding diaryl/α,β-unsaturated/α-hetero) is 1. The molecule has 0 aliphatic carbocycles. The van der Waals surface area contributed by atoms with Crippen LogP contribution >= 0.6 is 28.1 Å². The van der Waals surface area contributed by atoms with E-state index in [4.69, 9.17) is 12.2 Å². The lowest BCUT2D eigenvalue weighted by atomic mass is 10.1. The molecule has 0 amide bonds. The van der Waals surface area contributed by atoms with Gasteiger partial charge in [-0.3, -0.25) is 9.48 Å². The summed E-state index contributed by atoms with van der Waals surface area (Å²) in [6, 6.07) is 7.30. The van der Waals surface area contributed by atoms with Crippen molar-refractivity contribution in [1.82, 2.24) is 15.1 Å². The predicted octanol–water partition coefficient (Wildman–Crippen LogP) is 3.84. The number of anilines is 1. The van der Waals surface area contributed by atoms with Crippen molar-refractivity contribution >= 4 is 44.7 Å². The van der Waals surface area contributed by atoms with Gasteiger partial charge in [-0.2, -0.15) is 5.10 Å². The molecule has 128 valence electrons. The highest BCUT2D eigenvalue weighted by Crippen LogP contribution is 2.19. The molecule has 7 heteroatoms. The lowest BCUT2D eigenvalue weighted by Crippen LogP contribution is -2.30. The van der Waals surface area contributed by atoms with Gasteiger partial charge in [-0.05, 0) is 67.5 Å². The molecule has 1 aromatic heterocycles. The minimum atomic E-state index is 0.0357. The van der Waals surface area contributed by atoms with Crippen molar-refractivity contribution in [1.29, 1.82) is 0 Å². The van der Waals surface area contributed by atoms with Crippen LogP contribution in [0.1, 0.15) is 35.1 Å². The van der Waals surface area contributed by atoms with E-state index in [0.29, 0.717) is 10.7 Å². The maximum absolute atomic E-state index is 11.4. The lowest BCUT2D eigenvalue weighted by Gasteiger charge is -2.11. The highest BCUT2D eigenvalue weighted by atomic mass is 79.9. The summed E-state index contributed by atoms with van der Waals surface area (Å²) in [5.74, 6) is 0.0357. The van der Waals surface area contributed by atoms with Crippen LogP contribution in [0.4, 0.5) is 5.69 Å². The van der Waals surface area contributed by atoms with Gasteiger partial charge in [-0.15, -0.1) is 0 Å². The summed E-state index contributed by atoms with van der Waals surface area (Å²) in [4.78, 5) is 11.4. The van der Waals surface area contributed by atoms with Crippen LogP contribution in [0.3, 0.4) is 0 Å². The molecule has 0 radical (unpaired) electrons. The first-order valence-electron chi connectivity index (χ1n) is 7.74. The predicted molar refractivity (Wildman–Crippen MR) is 105 cm³/mol. The first-order valence-corrected chi connectivity index (χ1v) is 8.94. The number of nitrogens with zero attached hydrogens (tertiary/aromatic N) is 2. The van der Waals surface area contributed by atoms with Gasteiger partial charge < -0.3 is 10.6 Å². The van der Waals surface area contributed by atoms with Crippen molar-refractivity contribution in [2.24, 2.45) is 0 Å². The second-order valence-electron chi connectivity index (χ2n) is 5.58. The number of hydrogen-bond donors (Lipinski definition) is 2. The van der Waals surface area contributed by atoms with E-state index < -0.39 is 0 Å². The Morgan fingerprint density at radius 3 is 2.75 bits per heavy atom. The molecule has 0 saturated carbocycles. The Hall–Kier alpha value is -1.73.